The molecule has 0 bridgehead atoms. The Hall–Kier alpha value is -1.60. The number of primary sulfonamides is 1. The molecule has 76 valence electrons. The summed E-state index contributed by atoms with van der Waals surface area (Å²) >= 11 is 0. The number of aromatic carboxylic acids is 1. The highest BCUT2D eigenvalue weighted by atomic mass is 32.2. The number of carboxylic acids is 1. The molecule has 0 aliphatic heterocycles. The van der Waals surface area contributed by atoms with Crippen LogP contribution in [0.1, 0.15) is 10.4 Å². The highest BCUT2D eigenvalue weighted by Gasteiger charge is 2.11. The van der Waals surface area contributed by atoms with Crippen LogP contribution >= 0.6 is 0 Å². The number of nitrogens with two attached hydrogens (primary N) is 1. The molecule has 1 aromatic carbocycles. The van der Waals surface area contributed by atoms with Crippen molar-refractivity contribution in [1.29, 1.82) is 0 Å². The molecule has 0 aromatic heterocycles. The Morgan fingerprint density at radius 2 is 2.00 bits per heavy atom. The van der Waals surface area contributed by atoms with Gasteiger partial charge in [-0.25, -0.2) is 18.4 Å². The number of carbonyl (C=O) groups is 1. The Labute approximate surface area is 79.6 Å². The number of carboxylic acid groups (broad SMARTS) is 1. The first-order valence-corrected chi connectivity index (χ1v) is 4.94. The zero-order valence-electron chi connectivity index (χ0n) is 6.80. The summed E-state index contributed by atoms with van der Waals surface area (Å²) in [4.78, 5) is 10.1. The van der Waals surface area contributed by atoms with E-state index >= 15 is 0 Å². The van der Waals surface area contributed by atoms with Gasteiger partial charge < -0.3 is 10.2 Å². The van der Waals surface area contributed by atoms with E-state index in [-0.39, 0.29) is 0 Å². The van der Waals surface area contributed by atoms with Gasteiger partial charge in [0, 0.05) is 0 Å². The largest absolute Gasteiger partial charge is 0.872 e. The molecule has 0 saturated heterocycles. The zero-order chi connectivity index (χ0) is 10.9. The molecule has 0 radical (unpaired) electrons. The first kappa shape index (κ1) is 10.5. The van der Waals surface area contributed by atoms with Gasteiger partial charge in [-0.05, 0) is 12.1 Å². The molecule has 0 fully saturated rings. The average Bonchev–Trinajstić information content (AvgIpc) is 2.02. The van der Waals surface area contributed by atoms with Gasteiger partial charge in [0.2, 0.25) is 10.0 Å². The molecular formula is C7H6NO5S-. The van der Waals surface area contributed by atoms with Gasteiger partial charge >= 0.3 is 5.97 Å². The fraction of sp³-hybridized carbons (Fsp3) is 0. The maximum atomic E-state index is 10.9. The first-order valence-electron chi connectivity index (χ1n) is 3.39. The average molecular weight is 216 g/mol. The van der Waals surface area contributed by atoms with Crippen LogP contribution in [0.3, 0.4) is 0 Å². The van der Waals surface area contributed by atoms with Crippen LogP contribution in [0.5, 0.6) is 5.75 Å². The van der Waals surface area contributed by atoms with Gasteiger partial charge in [0.1, 0.15) is 0 Å². The second-order valence-corrected chi connectivity index (χ2v) is 4.07. The first-order chi connectivity index (χ1) is 6.32. The number of hydrogen-bond acceptors (Lipinski definition) is 4. The third kappa shape index (κ3) is 2.01. The van der Waals surface area contributed by atoms with Crippen LogP contribution in [0.4, 0.5) is 0 Å². The van der Waals surface area contributed by atoms with Crippen molar-refractivity contribution in [1.82, 2.24) is 0 Å². The Kier molecular flexibility index (Phi) is 2.45. The molecule has 0 atom stereocenters. The Balaban J connectivity index is 3.42. The second-order valence-electron chi connectivity index (χ2n) is 2.51. The normalized spacial score (nSPS) is 11.2. The van der Waals surface area contributed by atoms with Gasteiger partial charge in [-0.1, -0.05) is 11.8 Å². The maximum absolute atomic E-state index is 10.9. The van der Waals surface area contributed by atoms with E-state index in [4.69, 9.17) is 10.2 Å². The zero-order valence-corrected chi connectivity index (χ0v) is 7.61. The lowest BCUT2D eigenvalue weighted by atomic mass is 10.2. The highest BCUT2D eigenvalue weighted by Crippen LogP contribution is 2.17. The van der Waals surface area contributed by atoms with Crippen LogP contribution in [0, 0.1) is 0 Å². The Morgan fingerprint density at radius 3 is 2.43 bits per heavy atom. The summed E-state index contributed by atoms with van der Waals surface area (Å²) in [6, 6.07) is 2.55. The molecule has 1 rings (SSSR count). The van der Waals surface area contributed by atoms with Crippen molar-refractivity contribution in [3.05, 3.63) is 23.8 Å². The molecule has 3 N–H and O–H groups in total. The fourth-order valence-corrected chi connectivity index (χ4v) is 1.39. The monoisotopic (exact) mass is 216 g/mol. The molecule has 0 amide bonds. The SMILES string of the molecule is NS(=O)(=O)c1ccc([O-])c(C(=O)O)c1. The molecule has 7 heteroatoms. The van der Waals surface area contributed by atoms with E-state index in [1.54, 1.807) is 0 Å². The summed E-state index contributed by atoms with van der Waals surface area (Å²) in [5.74, 6) is -2.24. The predicted octanol–water partition coefficient (Wildman–Crippen LogP) is -0.894. The minimum absolute atomic E-state index is 0.394. The lowest BCUT2D eigenvalue weighted by Crippen LogP contribution is -2.14. The van der Waals surface area contributed by atoms with Crippen molar-refractivity contribution in [2.75, 3.05) is 0 Å². The minimum atomic E-state index is -3.98. The van der Waals surface area contributed by atoms with Gasteiger partial charge in [0.25, 0.3) is 0 Å². The Morgan fingerprint density at radius 1 is 1.43 bits per heavy atom. The predicted molar refractivity (Wildman–Crippen MR) is 44.2 cm³/mol. The number of rotatable bonds is 2. The number of sulfonamides is 1. The molecule has 0 spiro atoms. The van der Waals surface area contributed by atoms with Crippen molar-refractivity contribution >= 4 is 16.0 Å². The highest BCUT2D eigenvalue weighted by molar-refractivity contribution is 7.89. The summed E-state index contributed by atoms with van der Waals surface area (Å²) in [7, 11) is -3.98. The molecule has 0 aliphatic carbocycles. The summed E-state index contributed by atoms with van der Waals surface area (Å²) in [6.07, 6.45) is 0. The Bertz CT molecular complexity index is 479. The van der Waals surface area contributed by atoms with Crippen LogP contribution in [-0.2, 0) is 10.0 Å². The van der Waals surface area contributed by atoms with Crippen LogP contribution < -0.4 is 10.2 Å². The van der Waals surface area contributed by atoms with Crippen LogP contribution in [0.25, 0.3) is 0 Å². The van der Waals surface area contributed by atoms with Crippen molar-refractivity contribution in [3.8, 4) is 5.75 Å². The van der Waals surface area contributed by atoms with Gasteiger partial charge in [0.05, 0.1) is 10.5 Å². The summed E-state index contributed by atoms with van der Waals surface area (Å²) in [5.41, 5.74) is -0.614. The maximum Gasteiger partial charge on any atom is 0.335 e. The fourth-order valence-electron chi connectivity index (χ4n) is 0.853. The van der Waals surface area contributed by atoms with E-state index < -0.39 is 32.2 Å². The number of hydrogen-bond donors (Lipinski definition) is 2. The second kappa shape index (κ2) is 3.28. The molecule has 0 saturated carbocycles. The summed E-state index contributed by atoms with van der Waals surface area (Å²) < 4.78 is 21.6. The molecule has 1 aromatic rings. The van der Waals surface area contributed by atoms with Crippen LogP contribution in [-0.4, -0.2) is 19.5 Å². The van der Waals surface area contributed by atoms with Crippen LogP contribution in [0.15, 0.2) is 23.1 Å². The van der Waals surface area contributed by atoms with E-state index in [1.165, 1.54) is 0 Å². The van der Waals surface area contributed by atoms with Crippen molar-refractivity contribution in [3.63, 3.8) is 0 Å². The topological polar surface area (TPSA) is 121 Å². The van der Waals surface area contributed by atoms with Crippen LogP contribution in [0.2, 0.25) is 0 Å². The van der Waals surface area contributed by atoms with Crippen molar-refractivity contribution in [2.45, 2.75) is 4.90 Å². The van der Waals surface area contributed by atoms with E-state index in [1.807, 2.05) is 0 Å². The lowest BCUT2D eigenvalue weighted by Gasteiger charge is -2.10. The quantitative estimate of drug-likeness (QED) is 0.664. The van der Waals surface area contributed by atoms with E-state index in [2.05, 4.69) is 0 Å². The van der Waals surface area contributed by atoms with E-state index in [0.717, 1.165) is 18.2 Å². The van der Waals surface area contributed by atoms with E-state index in [0.29, 0.717) is 0 Å². The van der Waals surface area contributed by atoms with Gasteiger partial charge in [-0.2, -0.15) is 0 Å². The molecular weight excluding hydrogens is 210 g/mol. The molecule has 14 heavy (non-hydrogen) atoms. The minimum Gasteiger partial charge on any atom is -0.872 e. The van der Waals surface area contributed by atoms with Crippen molar-refractivity contribution in [2.24, 2.45) is 5.14 Å². The summed E-state index contributed by atoms with van der Waals surface area (Å²) in [5, 5.41) is 24.2. The van der Waals surface area contributed by atoms with Crippen molar-refractivity contribution < 1.29 is 23.4 Å². The third-order valence-electron chi connectivity index (χ3n) is 1.51. The molecule has 0 aliphatic rings. The lowest BCUT2D eigenvalue weighted by molar-refractivity contribution is -0.268. The molecule has 6 nitrogen and oxygen atoms in total. The van der Waals surface area contributed by atoms with E-state index in [9.17, 15) is 18.3 Å². The van der Waals surface area contributed by atoms with Gasteiger partial charge in [-0.15, -0.1) is 0 Å². The smallest absolute Gasteiger partial charge is 0.335 e. The third-order valence-corrected chi connectivity index (χ3v) is 2.42. The summed E-state index contributed by atoms with van der Waals surface area (Å²) in [6.45, 7) is 0. The standard InChI is InChI=1S/C7H7NO5S/c8-14(12,13)4-1-2-6(9)5(3-4)7(10)11/h1-3,9H,(H,10,11)(H2,8,12,13)/p-1. The van der Waals surface area contributed by atoms with Gasteiger partial charge in [-0.3, -0.25) is 0 Å². The van der Waals surface area contributed by atoms with Gasteiger partial charge in [0.15, 0.2) is 0 Å². The molecule has 0 heterocycles. The molecule has 0 unspecified atom stereocenters. The number of benzene rings is 1.